The fourth-order valence-corrected chi connectivity index (χ4v) is 1.42. The van der Waals surface area contributed by atoms with E-state index in [4.69, 9.17) is 0 Å². The van der Waals surface area contributed by atoms with Crippen LogP contribution in [0, 0.1) is 11.3 Å². The van der Waals surface area contributed by atoms with Crippen LogP contribution in [0.1, 0.15) is 47.0 Å². The zero-order valence-electron chi connectivity index (χ0n) is 11.1. The zero-order valence-corrected chi connectivity index (χ0v) is 11.1. The molecule has 0 aliphatic heterocycles. The summed E-state index contributed by atoms with van der Waals surface area (Å²) in [6.45, 7) is 10.3. The summed E-state index contributed by atoms with van der Waals surface area (Å²) in [5.41, 5.74) is 0.212. The minimum Gasteiger partial charge on any atom is -0.355 e. The van der Waals surface area contributed by atoms with Crippen LogP contribution in [0.15, 0.2) is 0 Å². The van der Waals surface area contributed by atoms with E-state index in [2.05, 4.69) is 38.3 Å². The van der Waals surface area contributed by atoms with Crippen LogP contribution in [0.2, 0.25) is 0 Å². The van der Waals surface area contributed by atoms with Crippen LogP contribution in [0.3, 0.4) is 0 Å². The molecule has 94 valence electrons. The van der Waals surface area contributed by atoms with Gasteiger partial charge in [-0.15, -0.1) is 0 Å². The number of hydrogen-bond acceptors (Lipinski definition) is 2. The summed E-state index contributed by atoms with van der Waals surface area (Å²) in [4.78, 5) is 11.6. The molecule has 16 heavy (non-hydrogen) atoms. The summed E-state index contributed by atoms with van der Waals surface area (Å²) in [5, 5.41) is 6.35. The molecular weight excluding hydrogens is 200 g/mol. The number of nitrogens with one attached hydrogen (secondary N) is 2. The van der Waals surface area contributed by atoms with E-state index in [0.717, 1.165) is 19.1 Å². The molecule has 1 fully saturated rings. The van der Waals surface area contributed by atoms with Crippen LogP contribution in [0.25, 0.3) is 0 Å². The van der Waals surface area contributed by atoms with Crippen LogP contribution in [-0.2, 0) is 4.79 Å². The Bertz CT molecular complexity index is 229. The third-order valence-corrected chi connectivity index (χ3v) is 3.43. The third kappa shape index (κ3) is 5.50. The second-order valence-electron chi connectivity index (χ2n) is 6.05. The van der Waals surface area contributed by atoms with Gasteiger partial charge in [-0.1, -0.05) is 27.7 Å². The molecule has 1 rings (SSSR count). The predicted molar refractivity (Wildman–Crippen MR) is 67.3 cm³/mol. The molecule has 1 atom stereocenters. The molecule has 1 saturated carbocycles. The zero-order chi connectivity index (χ0) is 12.2. The second-order valence-corrected chi connectivity index (χ2v) is 6.05. The topological polar surface area (TPSA) is 41.1 Å². The van der Waals surface area contributed by atoms with Crippen molar-refractivity contribution >= 4 is 5.91 Å². The highest BCUT2D eigenvalue weighted by Crippen LogP contribution is 2.27. The Morgan fingerprint density at radius 3 is 2.44 bits per heavy atom. The summed E-state index contributed by atoms with van der Waals surface area (Å²) in [7, 11) is 0. The van der Waals surface area contributed by atoms with Gasteiger partial charge >= 0.3 is 0 Å². The van der Waals surface area contributed by atoms with Crippen LogP contribution in [0.5, 0.6) is 0 Å². The van der Waals surface area contributed by atoms with Crippen LogP contribution in [-0.4, -0.2) is 25.0 Å². The van der Waals surface area contributed by atoms with Gasteiger partial charge in [0.05, 0.1) is 0 Å². The number of carbonyl (C=O) groups excluding carboxylic acids is 1. The first kappa shape index (κ1) is 13.5. The van der Waals surface area contributed by atoms with Crippen molar-refractivity contribution in [2.75, 3.05) is 13.1 Å². The lowest BCUT2D eigenvalue weighted by Gasteiger charge is -2.26. The van der Waals surface area contributed by atoms with Crippen molar-refractivity contribution in [1.29, 1.82) is 0 Å². The van der Waals surface area contributed by atoms with Crippen molar-refractivity contribution in [2.45, 2.75) is 53.0 Å². The van der Waals surface area contributed by atoms with Crippen molar-refractivity contribution in [3.05, 3.63) is 0 Å². The van der Waals surface area contributed by atoms with Gasteiger partial charge in [-0.3, -0.25) is 4.79 Å². The predicted octanol–water partition coefficient (Wildman–Crippen LogP) is 1.93. The summed E-state index contributed by atoms with van der Waals surface area (Å²) in [6, 6.07) is 0.727. The maximum absolute atomic E-state index is 11.6. The monoisotopic (exact) mass is 226 g/mol. The van der Waals surface area contributed by atoms with Gasteiger partial charge in [0.25, 0.3) is 0 Å². The third-order valence-electron chi connectivity index (χ3n) is 3.43. The molecule has 0 bridgehead atoms. The molecule has 0 spiro atoms. The van der Waals surface area contributed by atoms with E-state index in [0.29, 0.717) is 12.3 Å². The van der Waals surface area contributed by atoms with Gasteiger partial charge in [0, 0.05) is 25.6 Å². The molecule has 0 heterocycles. The van der Waals surface area contributed by atoms with Gasteiger partial charge in [0.2, 0.25) is 5.91 Å². The highest BCUT2D eigenvalue weighted by molar-refractivity contribution is 5.76. The lowest BCUT2D eigenvalue weighted by atomic mass is 9.80. The summed E-state index contributed by atoms with van der Waals surface area (Å²) < 4.78 is 0. The summed E-state index contributed by atoms with van der Waals surface area (Å²) >= 11 is 0. The first-order chi connectivity index (χ1) is 7.39. The Morgan fingerprint density at radius 1 is 1.31 bits per heavy atom. The standard InChI is InChI=1S/C13H26N2O/c1-10(13(2,3)4)9-12(16)15-8-7-14-11-5-6-11/h10-11,14H,5-9H2,1-4H3,(H,15,16). The molecule has 0 aromatic heterocycles. The molecule has 0 aromatic carbocycles. The molecule has 1 aliphatic carbocycles. The first-order valence-electron chi connectivity index (χ1n) is 6.39. The van der Waals surface area contributed by atoms with Crippen molar-refractivity contribution in [3.8, 4) is 0 Å². The van der Waals surface area contributed by atoms with Gasteiger partial charge < -0.3 is 10.6 Å². The van der Waals surface area contributed by atoms with Gasteiger partial charge in [-0.25, -0.2) is 0 Å². The molecule has 1 aliphatic rings. The summed E-state index contributed by atoms with van der Waals surface area (Å²) in [6.07, 6.45) is 3.23. The van der Waals surface area contributed by atoms with E-state index in [1.165, 1.54) is 12.8 Å². The molecule has 1 unspecified atom stereocenters. The molecule has 0 aromatic rings. The Hall–Kier alpha value is -0.570. The Kier molecular flexibility index (Phi) is 4.78. The van der Waals surface area contributed by atoms with Crippen molar-refractivity contribution in [3.63, 3.8) is 0 Å². The normalized spacial score (nSPS) is 18.2. The number of carbonyl (C=O) groups is 1. The van der Waals surface area contributed by atoms with Crippen molar-refractivity contribution in [1.82, 2.24) is 10.6 Å². The molecule has 0 radical (unpaired) electrons. The molecular formula is C13H26N2O. The first-order valence-corrected chi connectivity index (χ1v) is 6.39. The minimum atomic E-state index is 0.181. The van der Waals surface area contributed by atoms with Crippen molar-refractivity contribution < 1.29 is 4.79 Å². The Morgan fingerprint density at radius 2 is 1.94 bits per heavy atom. The highest BCUT2D eigenvalue weighted by atomic mass is 16.1. The van der Waals surface area contributed by atoms with E-state index < -0.39 is 0 Å². The van der Waals surface area contributed by atoms with Crippen molar-refractivity contribution in [2.24, 2.45) is 11.3 Å². The van der Waals surface area contributed by atoms with Gasteiger partial charge in [-0.2, -0.15) is 0 Å². The minimum absolute atomic E-state index is 0.181. The van der Waals surface area contributed by atoms with Gasteiger partial charge in [0.15, 0.2) is 0 Å². The maximum Gasteiger partial charge on any atom is 0.220 e. The lowest BCUT2D eigenvalue weighted by Crippen LogP contribution is -2.34. The highest BCUT2D eigenvalue weighted by Gasteiger charge is 2.22. The smallest absolute Gasteiger partial charge is 0.220 e. The van der Waals surface area contributed by atoms with E-state index in [9.17, 15) is 4.79 Å². The quantitative estimate of drug-likeness (QED) is 0.679. The maximum atomic E-state index is 11.6. The molecule has 3 nitrogen and oxygen atoms in total. The lowest BCUT2D eigenvalue weighted by molar-refractivity contribution is -0.122. The Labute approximate surface area is 99.4 Å². The summed E-state index contributed by atoms with van der Waals surface area (Å²) in [5.74, 6) is 0.601. The fourth-order valence-electron chi connectivity index (χ4n) is 1.42. The van der Waals surface area contributed by atoms with Crippen LogP contribution in [0.4, 0.5) is 0 Å². The largest absolute Gasteiger partial charge is 0.355 e. The average molecular weight is 226 g/mol. The fraction of sp³-hybridized carbons (Fsp3) is 0.923. The van der Waals surface area contributed by atoms with Gasteiger partial charge in [-0.05, 0) is 24.2 Å². The molecule has 0 saturated heterocycles. The molecule has 1 amide bonds. The second kappa shape index (κ2) is 5.67. The molecule has 3 heteroatoms. The van der Waals surface area contributed by atoms with E-state index in [-0.39, 0.29) is 11.3 Å². The Balaban J connectivity index is 2.05. The van der Waals surface area contributed by atoms with Crippen LogP contribution >= 0.6 is 0 Å². The SMILES string of the molecule is CC(CC(=O)NCCNC1CC1)C(C)(C)C. The number of amides is 1. The number of rotatable bonds is 6. The van der Waals surface area contributed by atoms with E-state index in [1.807, 2.05) is 0 Å². The van der Waals surface area contributed by atoms with Gasteiger partial charge in [0.1, 0.15) is 0 Å². The van der Waals surface area contributed by atoms with Crippen LogP contribution < -0.4 is 10.6 Å². The van der Waals surface area contributed by atoms with E-state index >= 15 is 0 Å². The molecule has 2 N–H and O–H groups in total. The average Bonchev–Trinajstić information content (AvgIpc) is 2.94. The number of hydrogen-bond donors (Lipinski definition) is 2. The van der Waals surface area contributed by atoms with E-state index in [1.54, 1.807) is 0 Å².